The van der Waals surface area contributed by atoms with Crippen molar-refractivity contribution in [2.75, 3.05) is 5.75 Å². The molecule has 1 fully saturated rings. The van der Waals surface area contributed by atoms with E-state index in [4.69, 9.17) is 5.26 Å². The van der Waals surface area contributed by atoms with Crippen LogP contribution >= 0.6 is 11.8 Å². The Morgan fingerprint density at radius 1 is 1.65 bits per heavy atom. The summed E-state index contributed by atoms with van der Waals surface area (Å²) >= 11 is 1.40. The first kappa shape index (κ1) is 14.3. The minimum absolute atomic E-state index is 0.0232. The lowest BCUT2D eigenvalue weighted by atomic mass is 9.98. The maximum Gasteiger partial charge on any atom is 0.231 e. The highest BCUT2D eigenvalue weighted by Gasteiger charge is 2.42. The Kier molecular flexibility index (Phi) is 4.84. The zero-order valence-electron chi connectivity index (χ0n) is 10.6. The van der Waals surface area contributed by atoms with Gasteiger partial charge in [-0.1, -0.05) is 6.92 Å². The van der Waals surface area contributed by atoms with Gasteiger partial charge in [0.05, 0.1) is 17.9 Å². The number of thioether (sulfide) groups is 1. The van der Waals surface area contributed by atoms with E-state index < -0.39 is 11.6 Å². The second kappa shape index (κ2) is 5.74. The molecule has 2 N–H and O–H groups in total. The molecule has 0 aliphatic heterocycles. The van der Waals surface area contributed by atoms with Crippen LogP contribution in [0.1, 0.15) is 33.6 Å². The molecule has 3 atom stereocenters. The second-order valence-electron chi connectivity index (χ2n) is 4.89. The number of aliphatic hydroxyl groups excluding tert-OH is 1. The van der Waals surface area contributed by atoms with Crippen molar-refractivity contribution in [3.05, 3.63) is 0 Å². The Balaban J connectivity index is 2.36. The third-order valence-corrected chi connectivity index (χ3v) is 4.53. The molecule has 4 nitrogen and oxygen atoms in total. The number of hydrogen-bond acceptors (Lipinski definition) is 4. The van der Waals surface area contributed by atoms with Crippen LogP contribution in [-0.4, -0.2) is 33.7 Å². The molecule has 1 saturated carbocycles. The smallest absolute Gasteiger partial charge is 0.231 e. The molecule has 5 heteroatoms. The van der Waals surface area contributed by atoms with E-state index >= 15 is 0 Å². The van der Waals surface area contributed by atoms with E-state index in [9.17, 15) is 9.90 Å². The lowest BCUT2D eigenvalue weighted by Crippen LogP contribution is -2.47. The molecule has 1 aliphatic rings. The lowest BCUT2D eigenvalue weighted by Gasteiger charge is -2.23. The highest BCUT2D eigenvalue weighted by molar-refractivity contribution is 8.00. The number of nitrogens with one attached hydrogen (secondary N) is 1. The lowest BCUT2D eigenvalue weighted by molar-refractivity contribution is -0.119. The van der Waals surface area contributed by atoms with Crippen molar-refractivity contribution in [3.63, 3.8) is 0 Å². The fourth-order valence-corrected chi connectivity index (χ4v) is 2.32. The van der Waals surface area contributed by atoms with Gasteiger partial charge in [-0.05, 0) is 32.6 Å². The molecular weight excluding hydrogens is 236 g/mol. The van der Waals surface area contributed by atoms with Gasteiger partial charge in [0, 0.05) is 5.25 Å². The Labute approximate surface area is 107 Å². The van der Waals surface area contributed by atoms with Gasteiger partial charge in [-0.15, -0.1) is 11.8 Å². The number of rotatable bonds is 6. The van der Waals surface area contributed by atoms with Crippen LogP contribution in [0.25, 0.3) is 0 Å². The Hall–Kier alpha value is -0.730. The van der Waals surface area contributed by atoms with Gasteiger partial charge in [0.15, 0.2) is 0 Å². The summed E-state index contributed by atoms with van der Waals surface area (Å²) in [6.07, 6.45) is 1.60. The van der Waals surface area contributed by atoms with E-state index in [1.807, 2.05) is 6.92 Å². The summed E-state index contributed by atoms with van der Waals surface area (Å²) in [4.78, 5) is 11.7. The number of carbonyl (C=O) groups is 1. The minimum atomic E-state index is -0.717. The summed E-state index contributed by atoms with van der Waals surface area (Å²) in [6.45, 7) is 5.37. The quantitative estimate of drug-likeness (QED) is 0.751. The van der Waals surface area contributed by atoms with Crippen molar-refractivity contribution in [3.8, 4) is 6.07 Å². The van der Waals surface area contributed by atoms with Gasteiger partial charge in [0.1, 0.15) is 5.54 Å². The number of hydrogen-bond donors (Lipinski definition) is 2. The van der Waals surface area contributed by atoms with Gasteiger partial charge in [-0.25, -0.2) is 0 Å². The summed E-state index contributed by atoms with van der Waals surface area (Å²) in [5.74, 6) is 0.463. The van der Waals surface area contributed by atoms with E-state index in [-0.39, 0.29) is 16.9 Å². The van der Waals surface area contributed by atoms with Crippen LogP contribution in [0.2, 0.25) is 0 Å². The molecule has 0 unspecified atom stereocenters. The van der Waals surface area contributed by atoms with Gasteiger partial charge in [0.25, 0.3) is 0 Å². The molecule has 0 heterocycles. The monoisotopic (exact) mass is 256 g/mol. The Morgan fingerprint density at radius 2 is 2.24 bits per heavy atom. The van der Waals surface area contributed by atoms with Crippen molar-refractivity contribution < 1.29 is 9.90 Å². The van der Waals surface area contributed by atoms with Crippen LogP contribution in [0.15, 0.2) is 0 Å². The standard InChI is InChI=1S/C12H20N2O2S/c1-8(15)9(2)17-6-11(16)14-12(3,7-13)10-4-5-10/h8-10,15H,4-6H2,1-3H3,(H,14,16)/t8-,9-,12+/m0/s1. The van der Waals surface area contributed by atoms with E-state index in [0.717, 1.165) is 12.8 Å². The zero-order valence-corrected chi connectivity index (χ0v) is 11.4. The minimum Gasteiger partial charge on any atom is -0.392 e. The summed E-state index contributed by atoms with van der Waals surface area (Å²) in [7, 11) is 0. The van der Waals surface area contributed by atoms with Gasteiger partial charge >= 0.3 is 0 Å². The predicted octanol–water partition coefficient (Wildman–Crippen LogP) is 1.30. The maximum atomic E-state index is 11.7. The molecule has 1 amide bonds. The molecule has 1 rings (SSSR count). The topological polar surface area (TPSA) is 73.1 Å². The number of carbonyl (C=O) groups excluding carboxylic acids is 1. The average molecular weight is 256 g/mol. The van der Waals surface area contributed by atoms with Crippen LogP contribution in [0, 0.1) is 17.2 Å². The molecule has 0 aromatic carbocycles. The molecular formula is C12H20N2O2S. The van der Waals surface area contributed by atoms with Gasteiger partial charge in [0.2, 0.25) is 5.91 Å². The van der Waals surface area contributed by atoms with Crippen molar-refractivity contribution >= 4 is 17.7 Å². The van der Waals surface area contributed by atoms with Crippen molar-refractivity contribution in [1.29, 1.82) is 5.26 Å². The molecule has 96 valence electrons. The third-order valence-electron chi connectivity index (χ3n) is 3.18. The van der Waals surface area contributed by atoms with Crippen molar-refractivity contribution in [2.24, 2.45) is 5.92 Å². The first-order valence-corrected chi connectivity index (χ1v) is 6.96. The molecule has 0 spiro atoms. The van der Waals surface area contributed by atoms with Crippen molar-refractivity contribution in [1.82, 2.24) is 5.32 Å². The van der Waals surface area contributed by atoms with Crippen molar-refractivity contribution in [2.45, 2.75) is 50.5 Å². The first-order valence-electron chi connectivity index (χ1n) is 5.91. The van der Waals surface area contributed by atoms with Gasteiger partial charge < -0.3 is 10.4 Å². The number of aliphatic hydroxyl groups is 1. The molecule has 0 saturated heterocycles. The van der Waals surface area contributed by atoms with E-state index in [0.29, 0.717) is 5.92 Å². The fourth-order valence-electron chi connectivity index (χ4n) is 1.55. The largest absolute Gasteiger partial charge is 0.392 e. The predicted molar refractivity (Wildman–Crippen MR) is 68.5 cm³/mol. The molecule has 0 aromatic rings. The van der Waals surface area contributed by atoms with E-state index in [1.165, 1.54) is 11.8 Å². The van der Waals surface area contributed by atoms with E-state index in [2.05, 4.69) is 11.4 Å². The highest BCUT2D eigenvalue weighted by Crippen LogP contribution is 2.39. The second-order valence-corrected chi connectivity index (χ2v) is 6.26. The Morgan fingerprint density at radius 3 is 2.65 bits per heavy atom. The normalized spacial score (nSPS) is 22.1. The molecule has 0 bridgehead atoms. The zero-order chi connectivity index (χ0) is 13.1. The number of nitriles is 1. The summed E-state index contributed by atoms with van der Waals surface area (Å²) < 4.78 is 0. The molecule has 0 radical (unpaired) electrons. The molecule has 17 heavy (non-hydrogen) atoms. The fraction of sp³-hybridized carbons (Fsp3) is 0.833. The average Bonchev–Trinajstić information content (AvgIpc) is 3.09. The van der Waals surface area contributed by atoms with Crippen LogP contribution in [0.5, 0.6) is 0 Å². The van der Waals surface area contributed by atoms with Crippen LogP contribution < -0.4 is 5.32 Å². The number of amides is 1. The summed E-state index contributed by atoms with van der Waals surface area (Å²) in [5.41, 5.74) is -0.717. The SMILES string of the molecule is C[C@H](O)[C@H](C)SCC(=O)N[C@](C)(C#N)C1CC1. The summed E-state index contributed by atoms with van der Waals surface area (Å²) in [5, 5.41) is 21.2. The molecule has 1 aliphatic carbocycles. The third kappa shape index (κ3) is 4.21. The first-order chi connectivity index (χ1) is 7.89. The van der Waals surface area contributed by atoms with Crippen LogP contribution in [0.3, 0.4) is 0 Å². The van der Waals surface area contributed by atoms with Gasteiger partial charge in [-0.2, -0.15) is 5.26 Å². The van der Waals surface area contributed by atoms with E-state index in [1.54, 1.807) is 13.8 Å². The highest BCUT2D eigenvalue weighted by atomic mass is 32.2. The number of nitrogens with zero attached hydrogens (tertiary/aromatic N) is 1. The Bertz CT molecular complexity index is 323. The van der Waals surface area contributed by atoms with Gasteiger partial charge in [-0.3, -0.25) is 4.79 Å². The summed E-state index contributed by atoms with van der Waals surface area (Å²) in [6, 6.07) is 2.19. The molecule has 0 aromatic heterocycles. The van der Waals surface area contributed by atoms with Crippen LogP contribution in [0.4, 0.5) is 0 Å². The van der Waals surface area contributed by atoms with Crippen LogP contribution in [-0.2, 0) is 4.79 Å². The maximum absolute atomic E-state index is 11.7.